The van der Waals surface area contributed by atoms with Crippen molar-refractivity contribution < 1.29 is 4.79 Å². The first kappa shape index (κ1) is 14.6. The van der Waals surface area contributed by atoms with Crippen molar-refractivity contribution in [1.29, 1.82) is 0 Å². The molecule has 0 saturated carbocycles. The molecule has 1 heterocycles. The van der Waals surface area contributed by atoms with Crippen molar-refractivity contribution >= 4 is 5.91 Å². The van der Waals surface area contributed by atoms with Gasteiger partial charge in [0.15, 0.2) is 0 Å². The lowest BCUT2D eigenvalue weighted by molar-refractivity contribution is -0.124. The van der Waals surface area contributed by atoms with Gasteiger partial charge in [0.25, 0.3) is 0 Å². The van der Waals surface area contributed by atoms with Gasteiger partial charge in [0, 0.05) is 12.6 Å². The molecule has 18 heavy (non-hydrogen) atoms. The Morgan fingerprint density at radius 3 is 2.56 bits per heavy atom. The molecule has 0 unspecified atom stereocenters. The second kappa shape index (κ2) is 7.10. The van der Waals surface area contributed by atoms with Gasteiger partial charge in [-0.05, 0) is 26.9 Å². The molecular weight excluding hydrogens is 230 g/mol. The first-order valence-corrected chi connectivity index (χ1v) is 6.46. The summed E-state index contributed by atoms with van der Waals surface area (Å²) in [6.07, 6.45) is 2.99. The largest absolute Gasteiger partial charge is 0.353 e. The molecule has 6 heteroatoms. The summed E-state index contributed by atoms with van der Waals surface area (Å²) in [5, 5.41) is 6.92. The molecular formula is C12H23N5O. The maximum Gasteiger partial charge on any atom is 0.244 e. The van der Waals surface area contributed by atoms with Crippen molar-refractivity contribution in [3.63, 3.8) is 0 Å². The summed E-state index contributed by atoms with van der Waals surface area (Å²) in [5.41, 5.74) is 0. The van der Waals surface area contributed by atoms with Crippen LogP contribution in [0.1, 0.15) is 33.7 Å². The van der Waals surface area contributed by atoms with Crippen molar-refractivity contribution in [1.82, 2.24) is 25.0 Å². The van der Waals surface area contributed by atoms with E-state index in [1.165, 1.54) is 6.33 Å². The van der Waals surface area contributed by atoms with Crippen LogP contribution in [0, 0.1) is 0 Å². The van der Waals surface area contributed by atoms with Gasteiger partial charge < -0.3 is 5.32 Å². The van der Waals surface area contributed by atoms with E-state index in [0.29, 0.717) is 12.6 Å². The van der Waals surface area contributed by atoms with Gasteiger partial charge >= 0.3 is 0 Å². The highest BCUT2D eigenvalue weighted by atomic mass is 16.2. The number of amides is 1. The van der Waals surface area contributed by atoms with Gasteiger partial charge in [0.05, 0.1) is 0 Å². The smallest absolute Gasteiger partial charge is 0.244 e. The quantitative estimate of drug-likeness (QED) is 0.776. The standard InChI is InChI=1S/C12H23N5O/c1-5-16(6-2)10(3)7-14-12(18)11(4)17-9-13-8-15-17/h8-11H,5-7H2,1-4H3,(H,14,18)/t10-,11-/m0/s1. The van der Waals surface area contributed by atoms with Gasteiger partial charge in [0.2, 0.25) is 5.91 Å². The Morgan fingerprint density at radius 2 is 2.06 bits per heavy atom. The first-order valence-electron chi connectivity index (χ1n) is 6.46. The van der Waals surface area contributed by atoms with Gasteiger partial charge in [0.1, 0.15) is 18.7 Å². The molecule has 1 N–H and O–H groups in total. The SMILES string of the molecule is CCN(CC)[C@@H](C)CNC(=O)[C@H](C)n1cncn1. The number of carbonyl (C=O) groups excluding carboxylic acids is 1. The fourth-order valence-corrected chi connectivity index (χ4v) is 1.91. The molecule has 102 valence electrons. The van der Waals surface area contributed by atoms with Crippen LogP contribution in [0.3, 0.4) is 0 Å². The molecule has 6 nitrogen and oxygen atoms in total. The van der Waals surface area contributed by atoms with E-state index >= 15 is 0 Å². The van der Waals surface area contributed by atoms with Crippen LogP contribution in [0.25, 0.3) is 0 Å². The predicted molar refractivity (Wildman–Crippen MR) is 70.1 cm³/mol. The number of aromatic nitrogens is 3. The van der Waals surface area contributed by atoms with E-state index in [4.69, 9.17) is 0 Å². The second-order valence-corrected chi connectivity index (χ2v) is 4.37. The summed E-state index contributed by atoms with van der Waals surface area (Å²) < 4.78 is 1.55. The zero-order valence-corrected chi connectivity index (χ0v) is 11.6. The second-order valence-electron chi connectivity index (χ2n) is 4.37. The Kier molecular flexibility index (Phi) is 5.77. The Bertz CT molecular complexity index is 347. The van der Waals surface area contributed by atoms with Crippen molar-refractivity contribution in [3.05, 3.63) is 12.7 Å². The minimum absolute atomic E-state index is 0.0282. The minimum atomic E-state index is -0.323. The maximum absolute atomic E-state index is 11.9. The molecule has 1 aromatic heterocycles. The van der Waals surface area contributed by atoms with Gasteiger partial charge in [-0.3, -0.25) is 9.69 Å². The molecule has 0 aliphatic rings. The molecule has 0 spiro atoms. The number of hydrogen-bond donors (Lipinski definition) is 1. The van der Waals surface area contributed by atoms with Gasteiger partial charge in [-0.25, -0.2) is 9.67 Å². The van der Waals surface area contributed by atoms with E-state index in [1.807, 2.05) is 6.92 Å². The summed E-state index contributed by atoms with van der Waals surface area (Å²) in [5.74, 6) is -0.0282. The molecule has 1 rings (SSSR count). The van der Waals surface area contributed by atoms with Crippen molar-refractivity contribution in [2.75, 3.05) is 19.6 Å². The van der Waals surface area contributed by atoms with Crippen molar-refractivity contribution in [2.45, 2.75) is 39.8 Å². The Morgan fingerprint density at radius 1 is 1.39 bits per heavy atom. The number of hydrogen-bond acceptors (Lipinski definition) is 4. The van der Waals surface area contributed by atoms with Crippen molar-refractivity contribution in [3.8, 4) is 0 Å². The highest BCUT2D eigenvalue weighted by molar-refractivity contribution is 5.79. The van der Waals surface area contributed by atoms with E-state index in [2.05, 4.69) is 41.1 Å². The molecule has 2 atom stereocenters. The van der Waals surface area contributed by atoms with Crippen LogP contribution in [-0.4, -0.2) is 51.2 Å². The average Bonchev–Trinajstić information content (AvgIpc) is 2.90. The zero-order chi connectivity index (χ0) is 13.5. The number of nitrogens with zero attached hydrogens (tertiary/aromatic N) is 4. The van der Waals surface area contributed by atoms with Gasteiger partial charge in [-0.15, -0.1) is 0 Å². The van der Waals surface area contributed by atoms with Crippen LogP contribution in [0.2, 0.25) is 0 Å². The summed E-state index contributed by atoms with van der Waals surface area (Å²) in [6, 6.07) is 0.0169. The molecule has 1 amide bonds. The Hall–Kier alpha value is -1.43. The van der Waals surface area contributed by atoms with Crippen LogP contribution in [0.4, 0.5) is 0 Å². The van der Waals surface area contributed by atoms with Crippen LogP contribution in [-0.2, 0) is 4.79 Å². The highest BCUT2D eigenvalue weighted by Crippen LogP contribution is 2.02. The third kappa shape index (κ3) is 3.80. The minimum Gasteiger partial charge on any atom is -0.353 e. The number of carbonyl (C=O) groups is 1. The van der Waals surface area contributed by atoms with Crippen molar-refractivity contribution in [2.24, 2.45) is 0 Å². The van der Waals surface area contributed by atoms with E-state index in [1.54, 1.807) is 11.0 Å². The van der Waals surface area contributed by atoms with Crippen LogP contribution in [0.15, 0.2) is 12.7 Å². The molecule has 0 aliphatic heterocycles. The first-order chi connectivity index (χ1) is 8.60. The van der Waals surface area contributed by atoms with Gasteiger partial charge in [-0.2, -0.15) is 5.10 Å². The lowest BCUT2D eigenvalue weighted by atomic mass is 10.2. The predicted octanol–water partition coefficient (Wildman–Crippen LogP) is 0.686. The summed E-state index contributed by atoms with van der Waals surface area (Å²) in [6.45, 7) is 10.8. The molecule has 0 aliphatic carbocycles. The number of rotatable bonds is 7. The third-order valence-corrected chi connectivity index (χ3v) is 3.22. The third-order valence-electron chi connectivity index (χ3n) is 3.22. The Balaban J connectivity index is 2.41. The highest BCUT2D eigenvalue weighted by Gasteiger charge is 2.17. The molecule has 0 fully saturated rings. The summed E-state index contributed by atoms with van der Waals surface area (Å²) in [7, 11) is 0. The molecule has 1 aromatic rings. The molecule has 0 radical (unpaired) electrons. The van der Waals surface area contributed by atoms with Crippen LogP contribution < -0.4 is 5.32 Å². The van der Waals surface area contributed by atoms with Gasteiger partial charge in [-0.1, -0.05) is 13.8 Å². The van der Waals surface area contributed by atoms with Crippen LogP contribution in [0.5, 0.6) is 0 Å². The average molecular weight is 253 g/mol. The van der Waals surface area contributed by atoms with E-state index < -0.39 is 0 Å². The zero-order valence-electron chi connectivity index (χ0n) is 11.6. The normalized spacial score (nSPS) is 14.5. The molecule has 0 saturated heterocycles. The number of likely N-dealkylation sites (N-methyl/N-ethyl adjacent to an activating group) is 1. The molecule has 0 bridgehead atoms. The van der Waals surface area contributed by atoms with E-state index in [9.17, 15) is 4.79 Å². The topological polar surface area (TPSA) is 63.1 Å². The monoisotopic (exact) mass is 253 g/mol. The van der Waals surface area contributed by atoms with Crippen LogP contribution >= 0.6 is 0 Å². The lowest BCUT2D eigenvalue weighted by Gasteiger charge is -2.26. The van der Waals surface area contributed by atoms with E-state index in [0.717, 1.165) is 13.1 Å². The maximum atomic E-state index is 11.9. The summed E-state index contributed by atoms with van der Waals surface area (Å²) in [4.78, 5) is 18.1. The Labute approximate surface area is 108 Å². The fourth-order valence-electron chi connectivity index (χ4n) is 1.91. The molecule has 0 aromatic carbocycles. The number of nitrogens with one attached hydrogen (secondary N) is 1. The van der Waals surface area contributed by atoms with E-state index in [-0.39, 0.29) is 11.9 Å². The summed E-state index contributed by atoms with van der Waals surface area (Å²) >= 11 is 0. The lowest BCUT2D eigenvalue weighted by Crippen LogP contribution is -2.43. The fraction of sp³-hybridized carbons (Fsp3) is 0.750.